The van der Waals surface area contributed by atoms with Gasteiger partial charge in [0.25, 0.3) is 0 Å². The molecule has 7 heteroatoms. The first kappa shape index (κ1) is 23.2. The van der Waals surface area contributed by atoms with Gasteiger partial charge in [-0.3, -0.25) is 9.78 Å². The molecule has 1 aromatic heterocycles. The quantitative estimate of drug-likeness (QED) is 0.489. The van der Waals surface area contributed by atoms with Gasteiger partial charge in [-0.05, 0) is 56.5 Å². The summed E-state index contributed by atoms with van der Waals surface area (Å²) >= 11 is 0. The zero-order valence-electron chi connectivity index (χ0n) is 19.4. The van der Waals surface area contributed by atoms with Gasteiger partial charge in [-0.15, -0.1) is 0 Å². The van der Waals surface area contributed by atoms with Gasteiger partial charge in [-0.25, -0.2) is 8.42 Å². The number of fused-ring (bicyclic) bond motifs is 1. The monoisotopic (exact) mass is 466 g/mol. The Morgan fingerprint density at radius 1 is 1.18 bits per heavy atom. The van der Waals surface area contributed by atoms with Crippen LogP contribution in [-0.2, 0) is 14.6 Å². The lowest BCUT2D eigenvalue weighted by molar-refractivity contribution is -0.123. The number of carbonyl (C=O) groups excluding carboxylic acids is 1. The number of anilines is 1. The highest BCUT2D eigenvalue weighted by molar-refractivity contribution is 7.91. The van der Waals surface area contributed by atoms with Gasteiger partial charge in [-0.2, -0.15) is 0 Å². The smallest absolute Gasteiger partial charge is 0.210 e. The van der Waals surface area contributed by atoms with E-state index in [2.05, 4.69) is 9.88 Å². The number of hydrogen-bond acceptors (Lipinski definition) is 6. The summed E-state index contributed by atoms with van der Waals surface area (Å²) < 4.78 is 32.9. The maximum Gasteiger partial charge on any atom is 0.210 e. The first-order valence-corrected chi connectivity index (χ1v) is 12.9. The van der Waals surface area contributed by atoms with Crippen LogP contribution in [0.25, 0.3) is 10.9 Å². The van der Waals surface area contributed by atoms with E-state index < -0.39 is 9.84 Å². The van der Waals surface area contributed by atoms with Crippen molar-refractivity contribution in [3.8, 4) is 5.75 Å². The van der Waals surface area contributed by atoms with Gasteiger partial charge in [0.05, 0.1) is 23.2 Å². The molecule has 0 saturated carbocycles. The summed E-state index contributed by atoms with van der Waals surface area (Å²) in [5.74, 6) is 0.787. The van der Waals surface area contributed by atoms with Gasteiger partial charge in [0.2, 0.25) is 9.84 Å². The largest absolute Gasteiger partial charge is 0.497 e. The zero-order valence-corrected chi connectivity index (χ0v) is 20.2. The zero-order chi connectivity index (χ0) is 23.6. The van der Waals surface area contributed by atoms with Crippen molar-refractivity contribution in [1.29, 1.82) is 0 Å². The normalized spacial score (nSPS) is 16.7. The molecule has 0 bridgehead atoms. The predicted octanol–water partition coefficient (Wildman–Crippen LogP) is 4.97. The molecule has 0 aliphatic carbocycles. The lowest BCUT2D eigenvalue weighted by Crippen LogP contribution is -2.39. The third-order valence-corrected chi connectivity index (χ3v) is 8.09. The Bertz CT molecular complexity index is 1270. The third-order valence-electron chi connectivity index (χ3n) is 6.32. The minimum absolute atomic E-state index is 0.0950. The molecule has 0 spiro atoms. The molecule has 1 atom stereocenters. The highest BCUT2D eigenvalue weighted by Gasteiger charge is 2.31. The summed E-state index contributed by atoms with van der Waals surface area (Å²) in [4.78, 5) is 19.6. The van der Waals surface area contributed by atoms with E-state index in [1.54, 1.807) is 31.4 Å². The van der Waals surface area contributed by atoms with Crippen molar-refractivity contribution in [3.63, 3.8) is 0 Å². The Labute approximate surface area is 195 Å². The van der Waals surface area contributed by atoms with Gasteiger partial charge in [0.1, 0.15) is 16.4 Å². The maximum atomic E-state index is 13.8. The number of aryl methyl sites for hydroxylation is 1. The number of ketones is 1. The summed E-state index contributed by atoms with van der Waals surface area (Å²) in [6.45, 7) is 5.12. The Morgan fingerprint density at radius 3 is 2.64 bits per heavy atom. The molecule has 0 N–H and O–H groups in total. The van der Waals surface area contributed by atoms with Gasteiger partial charge < -0.3 is 9.64 Å². The Morgan fingerprint density at radius 2 is 1.94 bits per heavy atom. The molecule has 33 heavy (non-hydrogen) atoms. The summed E-state index contributed by atoms with van der Waals surface area (Å²) in [5, 5.41) is 0.714. The van der Waals surface area contributed by atoms with Crippen molar-refractivity contribution in [2.75, 3.05) is 25.1 Å². The van der Waals surface area contributed by atoms with Crippen molar-refractivity contribution < 1.29 is 17.9 Å². The van der Waals surface area contributed by atoms with Crippen LogP contribution in [0.15, 0.2) is 58.5 Å². The summed E-state index contributed by atoms with van der Waals surface area (Å²) in [6, 6.07) is 12.3. The van der Waals surface area contributed by atoms with Crippen LogP contribution in [0.2, 0.25) is 0 Å². The van der Waals surface area contributed by atoms with Gasteiger partial charge in [0, 0.05) is 37.0 Å². The Hall–Kier alpha value is -2.93. The van der Waals surface area contributed by atoms with E-state index in [1.807, 2.05) is 32.0 Å². The second kappa shape index (κ2) is 9.51. The number of pyridine rings is 1. The lowest BCUT2D eigenvalue weighted by Gasteiger charge is -2.35. The van der Waals surface area contributed by atoms with Crippen LogP contribution >= 0.6 is 0 Å². The fraction of sp³-hybridized carbons (Fsp3) is 0.385. The van der Waals surface area contributed by atoms with E-state index >= 15 is 0 Å². The number of carbonyl (C=O) groups is 1. The number of piperidine rings is 1. The SMILES string of the molecule is CCCC(=O)C1CCCN(c2c(S(=O)(=O)c3ccc(C)cc3)cnc3ccc(OC)cc23)C1. The fourth-order valence-corrected chi connectivity index (χ4v) is 5.96. The first-order chi connectivity index (χ1) is 15.8. The molecule has 1 unspecified atom stereocenters. The number of aromatic nitrogens is 1. The van der Waals surface area contributed by atoms with Gasteiger partial charge in [0.15, 0.2) is 0 Å². The standard InChI is InChI=1S/C26H30N2O4S/c1-4-6-24(29)19-7-5-14-28(17-19)26-22-15-20(32-3)10-13-23(22)27-16-25(26)33(30,31)21-11-8-18(2)9-12-21/h8-13,15-16,19H,4-7,14,17H2,1-3H3. The minimum Gasteiger partial charge on any atom is -0.497 e. The molecule has 1 fully saturated rings. The highest BCUT2D eigenvalue weighted by atomic mass is 32.2. The number of sulfone groups is 1. The van der Waals surface area contributed by atoms with Crippen molar-refractivity contribution in [2.45, 2.75) is 49.3 Å². The highest BCUT2D eigenvalue weighted by Crippen LogP contribution is 2.39. The molecule has 1 saturated heterocycles. The molecule has 0 amide bonds. The molecule has 174 valence electrons. The molecule has 2 aromatic carbocycles. The van der Waals surface area contributed by atoms with Crippen molar-refractivity contribution in [3.05, 3.63) is 54.2 Å². The molecule has 1 aliphatic heterocycles. The van der Waals surface area contributed by atoms with Crippen molar-refractivity contribution in [1.82, 2.24) is 4.98 Å². The Balaban J connectivity index is 1.90. The van der Waals surface area contributed by atoms with E-state index in [4.69, 9.17) is 4.74 Å². The molecule has 2 heterocycles. The van der Waals surface area contributed by atoms with Crippen LogP contribution in [0.5, 0.6) is 5.75 Å². The number of benzene rings is 2. The van der Waals surface area contributed by atoms with Crippen LogP contribution < -0.4 is 9.64 Å². The topological polar surface area (TPSA) is 76.6 Å². The molecular weight excluding hydrogens is 436 g/mol. The molecule has 1 aliphatic rings. The van der Waals surface area contributed by atoms with Crippen molar-refractivity contribution in [2.24, 2.45) is 5.92 Å². The molecular formula is C26H30N2O4S. The summed E-state index contributed by atoms with van der Waals surface area (Å²) in [7, 11) is -2.24. The average molecular weight is 467 g/mol. The lowest BCUT2D eigenvalue weighted by atomic mass is 9.91. The third kappa shape index (κ3) is 4.60. The van der Waals surface area contributed by atoms with E-state index in [-0.39, 0.29) is 21.5 Å². The van der Waals surface area contributed by atoms with Crippen LogP contribution in [-0.4, -0.2) is 39.4 Å². The number of nitrogens with zero attached hydrogens (tertiary/aromatic N) is 2. The van der Waals surface area contributed by atoms with Crippen LogP contribution in [0.3, 0.4) is 0 Å². The molecule has 4 rings (SSSR count). The second-order valence-corrected chi connectivity index (χ2v) is 10.6. The number of methoxy groups -OCH3 is 1. The van der Waals surface area contributed by atoms with Crippen LogP contribution in [0.4, 0.5) is 5.69 Å². The minimum atomic E-state index is -3.82. The summed E-state index contributed by atoms with van der Waals surface area (Å²) in [5.41, 5.74) is 2.29. The first-order valence-electron chi connectivity index (χ1n) is 11.4. The number of ether oxygens (including phenoxy) is 1. The number of hydrogen-bond donors (Lipinski definition) is 0. The van der Waals surface area contributed by atoms with E-state index in [9.17, 15) is 13.2 Å². The number of Topliss-reactive ketones (excluding diaryl/α,β-unsaturated/α-hetero) is 1. The second-order valence-electron chi connectivity index (χ2n) is 8.67. The van der Waals surface area contributed by atoms with E-state index in [0.29, 0.717) is 41.9 Å². The fourth-order valence-electron chi connectivity index (χ4n) is 4.53. The predicted molar refractivity (Wildman–Crippen MR) is 130 cm³/mol. The van der Waals surface area contributed by atoms with Crippen molar-refractivity contribution >= 4 is 32.2 Å². The summed E-state index contributed by atoms with van der Waals surface area (Å²) in [6.07, 6.45) is 4.49. The van der Waals surface area contributed by atoms with Crippen LogP contribution in [0, 0.1) is 12.8 Å². The Kier molecular flexibility index (Phi) is 6.70. The van der Waals surface area contributed by atoms with Gasteiger partial charge in [-0.1, -0.05) is 24.6 Å². The molecule has 0 radical (unpaired) electrons. The number of rotatable bonds is 7. The molecule has 6 nitrogen and oxygen atoms in total. The average Bonchev–Trinajstić information content (AvgIpc) is 2.83. The van der Waals surface area contributed by atoms with Crippen LogP contribution in [0.1, 0.15) is 38.2 Å². The van der Waals surface area contributed by atoms with E-state index in [1.165, 1.54) is 6.20 Å². The van der Waals surface area contributed by atoms with Gasteiger partial charge >= 0.3 is 0 Å². The molecule has 3 aromatic rings. The maximum absolute atomic E-state index is 13.8. The van der Waals surface area contributed by atoms with E-state index in [0.717, 1.165) is 24.8 Å².